The second-order valence-corrected chi connectivity index (χ2v) is 7.79. The van der Waals surface area contributed by atoms with Crippen molar-refractivity contribution in [1.29, 1.82) is 0 Å². The van der Waals surface area contributed by atoms with Crippen molar-refractivity contribution in [3.8, 4) is 0 Å². The van der Waals surface area contributed by atoms with Gasteiger partial charge >= 0.3 is 6.09 Å². The summed E-state index contributed by atoms with van der Waals surface area (Å²) in [6.07, 6.45) is 4.06. The van der Waals surface area contributed by atoms with Gasteiger partial charge in [0.15, 0.2) is 0 Å². The van der Waals surface area contributed by atoms with Crippen molar-refractivity contribution in [3.63, 3.8) is 0 Å². The molecule has 1 amide bonds. The van der Waals surface area contributed by atoms with Crippen LogP contribution in [0.3, 0.4) is 0 Å². The summed E-state index contributed by atoms with van der Waals surface area (Å²) in [6, 6.07) is 11.3. The molecular formula is C20H32N2O2. The fourth-order valence-electron chi connectivity index (χ4n) is 3.19. The molecule has 2 rings (SSSR count). The van der Waals surface area contributed by atoms with Crippen LogP contribution in [-0.4, -0.2) is 41.8 Å². The van der Waals surface area contributed by atoms with Crippen LogP contribution in [0.5, 0.6) is 0 Å². The Morgan fingerprint density at radius 2 is 2.00 bits per heavy atom. The first-order valence-electron chi connectivity index (χ1n) is 9.12. The van der Waals surface area contributed by atoms with Crippen LogP contribution in [0.2, 0.25) is 0 Å². The van der Waals surface area contributed by atoms with Gasteiger partial charge in [0.05, 0.1) is 0 Å². The Hall–Kier alpha value is -1.55. The van der Waals surface area contributed by atoms with Crippen LogP contribution in [-0.2, 0) is 11.2 Å². The summed E-state index contributed by atoms with van der Waals surface area (Å²) in [5, 5.41) is 3.65. The van der Waals surface area contributed by atoms with Gasteiger partial charge in [-0.05, 0) is 65.5 Å². The minimum absolute atomic E-state index is 0.183. The summed E-state index contributed by atoms with van der Waals surface area (Å²) in [5.41, 5.74) is 0.969. The van der Waals surface area contributed by atoms with E-state index in [-0.39, 0.29) is 12.1 Å². The molecule has 0 aliphatic carbocycles. The van der Waals surface area contributed by atoms with Gasteiger partial charge in [-0.3, -0.25) is 0 Å². The molecule has 134 valence electrons. The van der Waals surface area contributed by atoms with E-state index in [1.54, 1.807) is 0 Å². The molecular weight excluding hydrogens is 300 g/mol. The lowest BCUT2D eigenvalue weighted by molar-refractivity contribution is 0.00940. The number of benzene rings is 1. The van der Waals surface area contributed by atoms with Crippen molar-refractivity contribution in [2.45, 2.75) is 71.1 Å². The average molecular weight is 332 g/mol. The first kappa shape index (κ1) is 18.8. The predicted molar refractivity (Wildman–Crippen MR) is 98.2 cm³/mol. The lowest BCUT2D eigenvalue weighted by Gasteiger charge is -2.38. The quantitative estimate of drug-likeness (QED) is 0.829. The Bertz CT molecular complexity index is 510. The van der Waals surface area contributed by atoms with Gasteiger partial charge in [-0.15, -0.1) is 0 Å². The number of aryl methyl sites for hydroxylation is 1. The third kappa shape index (κ3) is 6.16. The van der Waals surface area contributed by atoms with Crippen molar-refractivity contribution < 1.29 is 9.53 Å². The molecule has 0 spiro atoms. The second-order valence-electron chi connectivity index (χ2n) is 7.79. The average Bonchev–Trinajstić information content (AvgIpc) is 2.51. The van der Waals surface area contributed by atoms with E-state index in [0.717, 1.165) is 38.8 Å². The first-order chi connectivity index (χ1) is 11.3. The van der Waals surface area contributed by atoms with Gasteiger partial charge in [0, 0.05) is 18.6 Å². The van der Waals surface area contributed by atoms with Gasteiger partial charge < -0.3 is 15.0 Å². The Balaban J connectivity index is 1.68. The number of ether oxygens (including phenoxy) is 1. The smallest absolute Gasteiger partial charge is 0.410 e. The lowest BCUT2D eigenvalue weighted by Crippen LogP contribution is -2.51. The Morgan fingerprint density at radius 3 is 2.62 bits per heavy atom. The third-order valence-electron chi connectivity index (χ3n) is 4.42. The zero-order valence-corrected chi connectivity index (χ0v) is 15.5. The monoisotopic (exact) mass is 332 g/mol. The van der Waals surface area contributed by atoms with E-state index in [9.17, 15) is 4.79 Å². The molecule has 1 aliphatic rings. The maximum Gasteiger partial charge on any atom is 0.410 e. The summed E-state index contributed by atoms with van der Waals surface area (Å²) in [6.45, 7) is 9.65. The lowest BCUT2D eigenvalue weighted by atomic mass is 9.98. The SMILES string of the molecule is CC1CC(NCCCc2ccccc2)CCN1C(=O)OC(C)(C)C. The van der Waals surface area contributed by atoms with Crippen LogP contribution in [0.4, 0.5) is 4.79 Å². The highest BCUT2D eigenvalue weighted by Crippen LogP contribution is 2.20. The highest BCUT2D eigenvalue weighted by atomic mass is 16.6. The molecule has 0 aromatic heterocycles. The molecule has 2 atom stereocenters. The predicted octanol–water partition coefficient (Wildman–Crippen LogP) is 4.00. The Kier molecular flexibility index (Phi) is 6.67. The van der Waals surface area contributed by atoms with Crippen LogP contribution >= 0.6 is 0 Å². The van der Waals surface area contributed by atoms with Crippen molar-refractivity contribution in [3.05, 3.63) is 35.9 Å². The van der Waals surface area contributed by atoms with E-state index in [1.807, 2.05) is 25.7 Å². The highest BCUT2D eigenvalue weighted by molar-refractivity contribution is 5.68. The van der Waals surface area contributed by atoms with Crippen LogP contribution in [0.1, 0.15) is 52.5 Å². The topological polar surface area (TPSA) is 41.6 Å². The van der Waals surface area contributed by atoms with E-state index in [0.29, 0.717) is 6.04 Å². The first-order valence-corrected chi connectivity index (χ1v) is 9.12. The molecule has 1 aromatic rings. The number of hydrogen-bond donors (Lipinski definition) is 1. The van der Waals surface area contributed by atoms with Gasteiger partial charge in [-0.2, -0.15) is 0 Å². The summed E-state index contributed by atoms with van der Waals surface area (Å²) in [7, 11) is 0. The molecule has 1 aliphatic heterocycles. The van der Waals surface area contributed by atoms with Crippen molar-refractivity contribution >= 4 is 6.09 Å². The molecule has 1 saturated heterocycles. The minimum Gasteiger partial charge on any atom is -0.444 e. The number of hydrogen-bond acceptors (Lipinski definition) is 3. The van der Waals surface area contributed by atoms with Gasteiger partial charge in [0.1, 0.15) is 5.60 Å². The van der Waals surface area contributed by atoms with E-state index < -0.39 is 5.60 Å². The number of nitrogens with zero attached hydrogens (tertiary/aromatic N) is 1. The molecule has 1 aromatic carbocycles. The zero-order valence-electron chi connectivity index (χ0n) is 15.5. The van der Waals surface area contributed by atoms with Gasteiger partial charge in [-0.25, -0.2) is 4.79 Å². The fraction of sp³-hybridized carbons (Fsp3) is 0.650. The standard InChI is InChI=1S/C20H32N2O2/c1-16-15-18(12-14-22(16)19(23)24-20(2,3)4)21-13-8-11-17-9-6-5-7-10-17/h5-7,9-10,16,18,21H,8,11-15H2,1-4H3. The largest absolute Gasteiger partial charge is 0.444 e. The summed E-state index contributed by atoms with van der Waals surface area (Å²) in [5.74, 6) is 0. The second kappa shape index (κ2) is 8.52. The van der Waals surface area contributed by atoms with Gasteiger partial charge in [0.2, 0.25) is 0 Å². The summed E-state index contributed by atoms with van der Waals surface area (Å²) in [4.78, 5) is 14.1. The minimum atomic E-state index is -0.427. The molecule has 2 unspecified atom stereocenters. The Morgan fingerprint density at radius 1 is 1.29 bits per heavy atom. The van der Waals surface area contributed by atoms with Crippen molar-refractivity contribution in [2.24, 2.45) is 0 Å². The summed E-state index contributed by atoms with van der Waals surface area (Å²) < 4.78 is 5.50. The van der Waals surface area contributed by atoms with E-state index in [4.69, 9.17) is 4.74 Å². The molecule has 4 heteroatoms. The molecule has 1 heterocycles. The third-order valence-corrected chi connectivity index (χ3v) is 4.42. The highest BCUT2D eigenvalue weighted by Gasteiger charge is 2.31. The molecule has 0 saturated carbocycles. The molecule has 4 nitrogen and oxygen atoms in total. The zero-order chi connectivity index (χ0) is 17.6. The van der Waals surface area contributed by atoms with Crippen LogP contribution in [0.25, 0.3) is 0 Å². The van der Waals surface area contributed by atoms with Crippen LogP contribution in [0, 0.1) is 0 Å². The van der Waals surface area contributed by atoms with Crippen molar-refractivity contribution in [1.82, 2.24) is 10.2 Å². The molecule has 1 N–H and O–H groups in total. The number of likely N-dealkylation sites (tertiary alicyclic amines) is 1. The van der Waals surface area contributed by atoms with Crippen LogP contribution < -0.4 is 5.32 Å². The summed E-state index contributed by atoms with van der Waals surface area (Å²) >= 11 is 0. The fourth-order valence-corrected chi connectivity index (χ4v) is 3.19. The molecule has 1 fully saturated rings. The maximum atomic E-state index is 12.2. The van der Waals surface area contributed by atoms with Crippen molar-refractivity contribution in [2.75, 3.05) is 13.1 Å². The number of piperidine rings is 1. The number of rotatable bonds is 5. The number of carbonyl (C=O) groups excluding carboxylic acids is 1. The van der Waals surface area contributed by atoms with E-state index >= 15 is 0 Å². The molecule has 24 heavy (non-hydrogen) atoms. The van der Waals surface area contributed by atoms with E-state index in [2.05, 4.69) is 42.6 Å². The Labute approximate surface area is 146 Å². The normalized spacial score (nSPS) is 21.6. The molecule has 0 radical (unpaired) electrons. The van der Waals surface area contributed by atoms with E-state index in [1.165, 1.54) is 5.56 Å². The maximum absolute atomic E-state index is 12.2. The number of amides is 1. The number of carbonyl (C=O) groups is 1. The molecule has 0 bridgehead atoms. The van der Waals surface area contributed by atoms with Gasteiger partial charge in [0.25, 0.3) is 0 Å². The number of nitrogens with one attached hydrogen (secondary N) is 1. The van der Waals surface area contributed by atoms with Gasteiger partial charge in [-0.1, -0.05) is 30.3 Å². The van der Waals surface area contributed by atoms with Crippen LogP contribution in [0.15, 0.2) is 30.3 Å².